The van der Waals surface area contributed by atoms with Gasteiger partial charge in [0, 0.05) is 7.05 Å². The van der Waals surface area contributed by atoms with Gasteiger partial charge in [-0.05, 0) is 24.3 Å². The summed E-state index contributed by atoms with van der Waals surface area (Å²) in [6, 6.07) is 9.17. The first-order valence-electron chi connectivity index (χ1n) is 6.50. The Morgan fingerprint density at radius 1 is 1.26 bits per heavy atom. The maximum Gasteiger partial charge on any atom is 0.273 e. The van der Waals surface area contributed by atoms with Crippen molar-refractivity contribution in [2.24, 2.45) is 12.1 Å². The van der Waals surface area contributed by atoms with E-state index in [2.05, 4.69) is 10.5 Å². The van der Waals surface area contributed by atoms with Gasteiger partial charge in [-0.15, -0.1) is 5.10 Å². The standard InChI is InChI=1S/C15H10ClF2N3OS/c1-21-12-4-2-3-5-13(12)23-15(21)20-19-14(22)8-6-10(17)11(18)7-9(8)16/h2-7H,1H3,(H,19,22)/b20-15-. The molecule has 0 bridgehead atoms. The van der Waals surface area contributed by atoms with Crippen molar-refractivity contribution in [2.75, 3.05) is 0 Å². The number of thiazole rings is 1. The summed E-state index contributed by atoms with van der Waals surface area (Å²) >= 11 is 7.15. The lowest BCUT2D eigenvalue weighted by Crippen LogP contribution is -2.23. The summed E-state index contributed by atoms with van der Waals surface area (Å²) < 4.78 is 29.1. The van der Waals surface area contributed by atoms with Crippen LogP contribution in [0.15, 0.2) is 41.5 Å². The van der Waals surface area contributed by atoms with E-state index in [0.717, 1.165) is 22.3 Å². The molecule has 1 N–H and O–H groups in total. The summed E-state index contributed by atoms with van der Waals surface area (Å²) in [5, 5.41) is 3.84. The first-order valence-corrected chi connectivity index (χ1v) is 7.70. The lowest BCUT2D eigenvalue weighted by Gasteiger charge is -2.03. The Morgan fingerprint density at radius 2 is 1.96 bits per heavy atom. The van der Waals surface area contributed by atoms with Gasteiger partial charge in [0.2, 0.25) is 4.80 Å². The molecule has 1 amide bonds. The van der Waals surface area contributed by atoms with Crippen LogP contribution in [0.25, 0.3) is 10.2 Å². The van der Waals surface area contributed by atoms with Crippen LogP contribution in [0.3, 0.4) is 0 Å². The third-order valence-corrected chi connectivity index (χ3v) is 4.65. The Bertz CT molecular complexity index is 981. The highest BCUT2D eigenvalue weighted by atomic mass is 35.5. The van der Waals surface area contributed by atoms with Crippen molar-refractivity contribution in [2.45, 2.75) is 0 Å². The highest BCUT2D eigenvalue weighted by molar-refractivity contribution is 7.16. The quantitative estimate of drug-likeness (QED) is 0.557. The molecule has 0 saturated heterocycles. The first-order chi connectivity index (χ1) is 11.0. The van der Waals surface area contributed by atoms with E-state index in [0.29, 0.717) is 4.80 Å². The third kappa shape index (κ3) is 2.97. The van der Waals surface area contributed by atoms with Crippen LogP contribution in [-0.4, -0.2) is 10.5 Å². The van der Waals surface area contributed by atoms with E-state index in [9.17, 15) is 13.6 Å². The molecule has 8 heteroatoms. The molecule has 1 heterocycles. The van der Waals surface area contributed by atoms with Gasteiger partial charge in [-0.25, -0.2) is 14.2 Å². The fourth-order valence-corrected chi connectivity index (χ4v) is 3.26. The molecule has 0 aliphatic heterocycles. The molecule has 0 aliphatic rings. The topological polar surface area (TPSA) is 46.4 Å². The number of aryl methyl sites for hydroxylation is 1. The molecule has 0 radical (unpaired) electrons. The largest absolute Gasteiger partial charge is 0.318 e. The van der Waals surface area contributed by atoms with Gasteiger partial charge in [0.1, 0.15) is 0 Å². The number of benzene rings is 2. The van der Waals surface area contributed by atoms with Crippen molar-refractivity contribution >= 4 is 39.1 Å². The highest BCUT2D eigenvalue weighted by Crippen LogP contribution is 2.20. The summed E-state index contributed by atoms with van der Waals surface area (Å²) in [5.74, 6) is -2.97. The summed E-state index contributed by atoms with van der Waals surface area (Å²) in [6.45, 7) is 0. The maximum atomic E-state index is 13.2. The minimum absolute atomic E-state index is 0.182. The van der Waals surface area contributed by atoms with Crippen LogP contribution >= 0.6 is 22.9 Å². The summed E-state index contributed by atoms with van der Waals surface area (Å²) in [5.41, 5.74) is 3.09. The number of para-hydroxylation sites is 1. The SMILES string of the molecule is Cn1/c(=N/NC(=O)c2cc(F)c(F)cc2Cl)sc2ccccc21. The van der Waals surface area contributed by atoms with Gasteiger partial charge in [0.15, 0.2) is 11.6 Å². The monoisotopic (exact) mass is 353 g/mol. The molecule has 0 fully saturated rings. The second kappa shape index (κ2) is 6.10. The number of nitrogens with zero attached hydrogens (tertiary/aromatic N) is 2. The number of nitrogens with one attached hydrogen (secondary N) is 1. The second-order valence-corrected chi connectivity index (χ2v) is 6.13. The zero-order chi connectivity index (χ0) is 16.6. The number of halogens is 3. The molecular weight excluding hydrogens is 344 g/mol. The smallest absolute Gasteiger partial charge is 0.273 e. The molecule has 0 spiro atoms. The number of fused-ring (bicyclic) bond motifs is 1. The molecule has 0 aliphatic carbocycles. The average Bonchev–Trinajstić information content (AvgIpc) is 2.85. The summed E-state index contributed by atoms with van der Waals surface area (Å²) in [7, 11) is 1.81. The first kappa shape index (κ1) is 15.6. The van der Waals surface area contributed by atoms with Crippen molar-refractivity contribution in [3.05, 3.63) is 63.4 Å². The Morgan fingerprint density at radius 3 is 2.70 bits per heavy atom. The van der Waals surface area contributed by atoms with Gasteiger partial charge < -0.3 is 4.57 Å². The molecule has 23 heavy (non-hydrogen) atoms. The summed E-state index contributed by atoms with van der Waals surface area (Å²) in [6.07, 6.45) is 0. The maximum absolute atomic E-state index is 13.2. The van der Waals surface area contributed by atoms with Gasteiger partial charge in [-0.2, -0.15) is 0 Å². The van der Waals surface area contributed by atoms with Crippen LogP contribution in [0.1, 0.15) is 10.4 Å². The van der Waals surface area contributed by atoms with Gasteiger partial charge >= 0.3 is 0 Å². The lowest BCUT2D eigenvalue weighted by atomic mass is 10.2. The Kier molecular flexibility index (Phi) is 4.14. The average molecular weight is 354 g/mol. The normalized spacial score (nSPS) is 11.9. The number of hydrogen-bond donors (Lipinski definition) is 1. The van der Waals surface area contributed by atoms with Gasteiger partial charge in [0.05, 0.1) is 20.8 Å². The Labute approximate surface area is 138 Å². The number of aromatic nitrogens is 1. The molecule has 1 aromatic heterocycles. The number of amides is 1. The minimum atomic E-state index is -1.15. The number of carbonyl (C=O) groups is 1. The predicted octanol–water partition coefficient (Wildman–Crippen LogP) is 3.42. The predicted molar refractivity (Wildman–Crippen MR) is 85.2 cm³/mol. The molecule has 3 aromatic rings. The van der Waals surface area contributed by atoms with Crippen LogP contribution in [0.5, 0.6) is 0 Å². The van der Waals surface area contributed by atoms with Crippen LogP contribution in [0.2, 0.25) is 5.02 Å². The Hall–Kier alpha value is -2.25. The number of carbonyl (C=O) groups excluding carboxylic acids is 1. The minimum Gasteiger partial charge on any atom is -0.318 e. The van der Waals surface area contributed by atoms with Crippen molar-refractivity contribution in [3.8, 4) is 0 Å². The molecular formula is C15H10ClF2N3OS. The van der Waals surface area contributed by atoms with E-state index < -0.39 is 17.5 Å². The molecule has 0 unspecified atom stereocenters. The lowest BCUT2D eigenvalue weighted by molar-refractivity contribution is 0.0952. The number of hydrogen-bond acceptors (Lipinski definition) is 3. The molecule has 0 atom stereocenters. The van der Waals surface area contributed by atoms with Crippen LogP contribution in [-0.2, 0) is 7.05 Å². The van der Waals surface area contributed by atoms with Crippen molar-refractivity contribution in [1.29, 1.82) is 0 Å². The molecule has 118 valence electrons. The van der Waals surface area contributed by atoms with Crippen molar-refractivity contribution in [3.63, 3.8) is 0 Å². The van der Waals surface area contributed by atoms with Crippen LogP contribution < -0.4 is 10.2 Å². The van der Waals surface area contributed by atoms with E-state index >= 15 is 0 Å². The summed E-state index contributed by atoms with van der Waals surface area (Å²) in [4.78, 5) is 12.6. The highest BCUT2D eigenvalue weighted by Gasteiger charge is 2.14. The molecule has 0 saturated carbocycles. The van der Waals surface area contributed by atoms with Crippen molar-refractivity contribution in [1.82, 2.24) is 9.99 Å². The van der Waals surface area contributed by atoms with E-state index in [1.807, 2.05) is 35.9 Å². The van der Waals surface area contributed by atoms with Gasteiger partial charge in [-0.1, -0.05) is 35.1 Å². The number of rotatable bonds is 2. The second-order valence-electron chi connectivity index (χ2n) is 4.71. The zero-order valence-electron chi connectivity index (χ0n) is 11.8. The third-order valence-electron chi connectivity index (χ3n) is 3.22. The molecule has 2 aromatic carbocycles. The fraction of sp³-hybridized carbons (Fsp3) is 0.0667. The van der Waals surface area contributed by atoms with E-state index in [-0.39, 0.29) is 10.6 Å². The molecule has 3 rings (SSSR count). The zero-order valence-corrected chi connectivity index (χ0v) is 13.4. The Balaban J connectivity index is 1.94. The fourth-order valence-electron chi connectivity index (χ4n) is 2.04. The van der Waals surface area contributed by atoms with E-state index in [4.69, 9.17) is 11.6 Å². The molecule has 4 nitrogen and oxygen atoms in total. The van der Waals surface area contributed by atoms with Crippen molar-refractivity contribution < 1.29 is 13.6 Å². The van der Waals surface area contributed by atoms with Gasteiger partial charge in [-0.3, -0.25) is 4.79 Å². The van der Waals surface area contributed by atoms with Gasteiger partial charge in [0.25, 0.3) is 5.91 Å². The van der Waals surface area contributed by atoms with E-state index in [1.54, 1.807) is 0 Å². The van der Waals surface area contributed by atoms with E-state index in [1.165, 1.54) is 11.3 Å². The van der Waals surface area contributed by atoms with Crippen LogP contribution in [0.4, 0.5) is 8.78 Å². The van der Waals surface area contributed by atoms with Crippen LogP contribution in [0, 0.1) is 11.6 Å².